The number of hydrogen-bond acceptors (Lipinski definition) is 8. The maximum atomic E-state index is 15.1. The fraction of sp³-hybridized carbons (Fsp3) is 0.324. The zero-order chi connectivity index (χ0) is 30.7. The van der Waals surface area contributed by atoms with Crippen LogP contribution < -0.4 is 9.64 Å². The second kappa shape index (κ2) is 10.2. The molecule has 5 atom stereocenters. The molecule has 9 nitrogen and oxygen atoms in total. The molecule has 3 aromatic rings. The van der Waals surface area contributed by atoms with Crippen molar-refractivity contribution in [3.63, 3.8) is 0 Å². The van der Waals surface area contributed by atoms with Crippen LogP contribution in [0, 0.1) is 17.8 Å². The Morgan fingerprint density at radius 3 is 2.26 bits per heavy atom. The van der Waals surface area contributed by atoms with Crippen LogP contribution in [-0.4, -0.2) is 41.9 Å². The lowest BCUT2D eigenvalue weighted by Crippen LogP contribution is -2.52. The van der Waals surface area contributed by atoms with Gasteiger partial charge in [0, 0.05) is 17.0 Å². The third kappa shape index (κ3) is 4.17. The Morgan fingerprint density at radius 1 is 0.907 bits per heavy atom. The number of amides is 2. The van der Waals surface area contributed by atoms with Gasteiger partial charge in [0.15, 0.2) is 5.78 Å². The fourth-order valence-electron chi connectivity index (χ4n) is 7.09. The van der Waals surface area contributed by atoms with E-state index in [2.05, 4.69) is 0 Å². The van der Waals surface area contributed by atoms with Gasteiger partial charge in [0.1, 0.15) is 11.4 Å². The summed E-state index contributed by atoms with van der Waals surface area (Å²) in [5.41, 5.74) is -1.49. The number of esters is 2. The Balaban J connectivity index is 1.68. The molecule has 0 aromatic heterocycles. The molecule has 2 amide bonds. The Kier molecular flexibility index (Phi) is 6.71. The molecule has 1 aliphatic carbocycles. The summed E-state index contributed by atoms with van der Waals surface area (Å²) in [5.74, 6) is -7.63. The van der Waals surface area contributed by atoms with Crippen LogP contribution in [0.1, 0.15) is 55.1 Å². The van der Waals surface area contributed by atoms with Gasteiger partial charge in [-0.15, -0.1) is 0 Å². The van der Waals surface area contributed by atoms with Crippen LogP contribution in [0.4, 0.5) is 10.5 Å². The van der Waals surface area contributed by atoms with Crippen LogP contribution in [-0.2, 0) is 29.3 Å². The molecule has 1 unspecified atom stereocenters. The van der Waals surface area contributed by atoms with E-state index in [4.69, 9.17) is 14.2 Å². The molecule has 3 aromatic carbocycles. The minimum absolute atomic E-state index is 0.0281. The molecule has 2 heterocycles. The zero-order valence-electron chi connectivity index (χ0n) is 24.2. The van der Waals surface area contributed by atoms with Crippen molar-refractivity contribution in [3.05, 3.63) is 95.6 Å². The first-order chi connectivity index (χ1) is 20.5. The number of nitrogens with zero attached hydrogens (tertiary/aromatic N) is 1. The summed E-state index contributed by atoms with van der Waals surface area (Å²) in [7, 11) is 0. The maximum Gasteiger partial charge on any atom is 0.421 e. The largest absolute Gasteiger partial charge is 0.466 e. The van der Waals surface area contributed by atoms with E-state index < -0.39 is 64.4 Å². The standard InChI is InChI=1S/C34H31NO8/c1-5-41-30(38)27-24(28(36)19-13-7-6-8-14-19)25-26(20-15-9-12-18-23(20)42-29(25)37)34(27)21-16-10-11-17-22(21)35(31(34)39)32(40)43-33(2,3)4/h6-18,24-27H,5H2,1-4H3/t24?,25-,26-,27-,34-/m0/s1. The molecule has 1 spiro atoms. The number of fused-ring (bicyclic) bond motifs is 6. The number of carbonyl (C=O) groups is 5. The van der Waals surface area contributed by atoms with Crippen LogP contribution in [0.15, 0.2) is 78.9 Å². The summed E-state index contributed by atoms with van der Waals surface area (Å²) < 4.78 is 17.0. The molecular weight excluding hydrogens is 550 g/mol. The van der Waals surface area contributed by atoms with Gasteiger partial charge in [0.2, 0.25) is 5.91 Å². The molecule has 3 aliphatic rings. The summed E-state index contributed by atoms with van der Waals surface area (Å²) in [4.78, 5) is 72.2. The minimum atomic E-state index is -1.87. The molecular formula is C34H31NO8. The van der Waals surface area contributed by atoms with Crippen molar-refractivity contribution >= 4 is 35.4 Å². The highest BCUT2D eigenvalue weighted by Crippen LogP contribution is 2.67. The molecule has 0 radical (unpaired) electrons. The molecule has 43 heavy (non-hydrogen) atoms. The van der Waals surface area contributed by atoms with E-state index in [1.54, 1.807) is 107 Å². The molecule has 2 aliphatic heterocycles. The first-order valence-electron chi connectivity index (χ1n) is 14.3. The summed E-state index contributed by atoms with van der Waals surface area (Å²) in [6.45, 7) is 6.65. The van der Waals surface area contributed by atoms with Crippen molar-refractivity contribution in [2.45, 2.75) is 44.6 Å². The first kappa shape index (κ1) is 28.3. The van der Waals surface area contributed by atoms with Gasteiger partial charge in [-0.2, -0.15) is 0 Å². The predicted molar refractivity (Wildman–Crippen MR) is 155 cm³/mol. The number of carbonyl (C=O) groups excluding carboxylic acids is 5. The van der Waals surface area contributed by atoms with Crippen LogP contribution >= 0.6 is 0 Å². The molecule has 1 saturated carbocycles. The summed E-state index contributed by atoms with van der Waals surface area (Å²) in [6.07, 6.45) is -0.925. The molecule has 0 bridgehead atoms. The lowest BCUT2D eigenvalue weighted by molar-refractivity contribution is -0.153. The van der Waals surface area contributed by atoms with Crippen LogP contribution in [0.3, 0.4) is 0 Å². The highest BCUT2D eigenvalue weighted by atomic mass is 16.6. The van der Waals surface area contributed by atoms with Crippen molar-refractivity contribution in [1.82, 2.24) is 0 Å². The fourth-order valence-corrected chi connectivity index (χ4v) is 7.09. The molecule has 220 valence electrons. The highest BCUT2D eigenvalue weighted by Gasteiger charge is 2.76. The summed E-state index contributed by atoms with van der Waals surface area (Å²) >= 11 is 0. The van der Waals surface area contributed by atoms with Crippen molar-refractivity contribution in [2.75, 3.05) is 11.5 Å². The lowest BCUT2D eigenvalue weighted by atomic mass is 9.63. The number of ketones is 1. The Bertz CT molecular complexity index is 1660. The number of imide groups is 1. The number of benzene rings is 3. The Labute approximate surface area is 248 Å². The predicted octanol–water partition coefficient (Wildman–Crippen LogP) is 5.22. The number of hydrogen-bond donors (Lipinski definition) is 0. The van der Waals surface area contributed by atoms with E-state index in [0.29, 0.717) is 11.1 Å². The average molecular weight is 582 g/mol. The zero-order valence-corrected chi connectivity index (χ0v) is 24.2. The van der Waals surface area contributed by atoms with Crippen LogP contribution in [0.2, 0.25) is 0 Å². The van der Waals surface area contributed by atoms with Gasteiger partial charge in [0.05, 0.1) is 35.5 Å². The number of para-hydroxylation sites is 2. The van der Waals surface area contributed by atoms with Crippen LogP contribution in [0.25, 0.3) is 0 Å². The SMILES string of the molecule is CCOC(=O)[C@@H]1C(C(=O)c2ccccc2)[C@@H]2C(=O)Oc3ccccc3[C@@H]2[C@]12C(=O)N(C(=O)OC(C)(C)C)c1ccccc12. The Hall–Kier alpha value is -4.79. The van der Waals surface area contributed by atoms with E-state index in [-0.39, 0.29) is 23.6 Å². The highest BCUT2D eigenvalue weighted by molar-refractivity contribution is 6.24. The van der Waals surface area contributed by atoms with Crippen molar-refractivity contribution in [2.24, 2.45) is 17.8 Å². The molecule has 0 saturated heterocycles. The first-order valence-corrected chi connectivity index (χ1v) is 14.3. The van der Waals surface area contributed by atoms with Gasteiger partial charge in [-0.05, 0) is 45.4 Å². The van der Waals surface area contributed by atoms with E-state index >= 15 is 4.79 Å². The normalized spacial score (nSPS) is 25.4. The third-order valence-electron chi connectivity index (χ3n) is 8.45. The molecule has 6 rings (SSSR count). The quantitative estimate of drug-likeness (QED) is 0.234. The van der Waals surface area contributed by atoms with E-state index in [9.17, 15) is 19.2 Å². The second-order valence-electron chi connectivity index (χ2n) is 12.0. The number of ether oxygens (including phenoxy) is 3. The Morgan fingerprint density at radius 2 is 1.56 bits per heavy atom. The van der Waals surface area contributed by atoms with Gasteiger partial charge in [-0.25, -0.2) is 9.69 Å². The van der Waals surface area contributed by atoms with Crippen molar-refractivity contribution < 1.29 is 38.2 Å². The average Bonchev–Trinajstić information content (AvgIpc) is 3.43. The third-order valence-corrected chi connectivity index (χ3v) is 8.45. The monoisotopic (exact) mass is 581 g/mol. The summed E-state index contributed by atoms with van der Waals surface area (Å²) in [5, 5.41) is 0. The lowest BCUT2D eigenvalue weighted by Gasteiger charge is -2.38. The summed E-state index contributed by atoms with van der Waals surface area (Å²) in [6, 6.07) is 21.7. The van der Waals surface area contributed by atoms with E-state index in [0.717, 1.165) is 4.90 Å². The second-order valence-corrected chi connectivity index (χ2v) is 12.0. The van der Waals surface area contributed by atoms with Gasteiger partial charge in [0.25, 0.3) is 0 Å². The van der Waals surface area contributed by atoms with Crippen LogP contribution in [0.5, 0.6) is 5.75 Å². The number of Topliss-reactive ketones (excluding diaryl/α,β-unsaturated/α-hetero) is 1. The molecule has 9 heteroatoms. The molecule has 1 fully saturated rings. The van der Waals surface area contributed by atoms with E-state index in [1.165, 1.54) is 0 Å². The molecule has 0 N–H and O–H groups in total. The van der Waals surface area contributed by atoms with Gasteiger partial charge >= 0.3 is 18.0 Å². The topological polar surface area (TPSA) is 116 Å². The van der Waals surface area contributed by atoms with E-state index in [1.807, 2.05) is 0 Å². The van der Waals surface area contributed by atoms with Gasteiger partial charge in [-0.3, -0.25) is 19.2 Å². The number of rotatable bonds is 4. The number of anilines is 1. The van der Waals surface area contributed by atoms with Gasteiger partial charge in [-0.1, -0.05) is 66.7 Å². The minimum Gasteiger partial charge on any atom is -0.466 e. The maximum absolute atomic E-state index is 15.1. The van der Waals surface area contributed by atoms with Gasteiger partial charge < -0.3 is 14.2 Å². The van der Waals surface area contributed by atoms with Crippen molar-refractivity contribution in [3.8, 4) is 5.75 Å². The smallest absolute Gasteiger partial charge is 0.421 e. The van der Waals surface area contributed by atoms with Crippen molar-refractivity contribution in [1.29, 1.82) is 0 Å².